The molecule has 18 heavy (non-hydrogen) atoms. The highest BCUT2D eigenvalue weighted by Gasteiger charge is 2.21. The number of sulfonamides is 1. The average Bonchev–Trinajstić information content (AvgIpc) is 2.28. The largest absolute Gasteiger partial charge is 0.383 e. The molecule has 0 bridgehead atoms. The summed E-state index contributed by atoms with van der Waals surface area (Å²) >= 11 is 0. The van der Waals surface area contributed by atoms with Crippen LogP contribution in [0.15, 0.2) is 23.1 Å². The van der Waals surface area contributed by atoms with E-state index < -0.39 is 21.9 Å². The molecule has 0 heterocycles. The van der Waals surface area contributed by atoms with Crippen molar-refractivity contribution in [1.29, 1.82) is 0 Å². The second-order valence-electron chi connectivity index (χ2n) is 3.93. The summed E-state index contributed by atoms with van der Waals surface area (Å²) in [6, 6.07) is 3.10. The van der Waals surface area contributed by atoms with Crippen LogP contribution < -0.4 is 10.5 Å². The summed E-state index contributed by atoms with van der Waals surface area (Å²) in [5.74, 6) is -0.619. The van der Waals surface area contributed by atoms with E-state index in [0.29, 0.717) is 5.56 Å². The third-order valence-corrected chi connectivity index (χ3v) is 3.98. The minimum Gasteiger partial charge on any atom is -0.383 e. The first kappa shape index (κ1) is 15.0. The molecule has 0 aliphatic rings. The standard InChI is InChI=1S/C11H17FN2O3S/c1-8(7-17-2)14-18(15,16)11-5-10(12)4-3-9(11)6-13/h3-5,8,14H,6-7,13H2,1-2H3. The highest BCUT2D eigenvalue weighted by atomic mass is 32.2. The van der Waals surface area contributed by atoms with Gasteiger partial charge in [0.2, 0.25) is 10.0 Å². The zero-order valence-corrected chi connectivity index (χ0v) is 11.1. The van der Waals surface area contributed by atoms with Crippen molar-refractivity contribution in [3.05, 3.63) is 29.6 Å². The Kier molecular flexibility index (Phi) is 5.21. The molecule has 102 valence electrons. The van der Waals surface area contributed by atoms with Gasteiger partial charge in [-0.2, -0.15) is 0 Å². The molecule has 0 aliphatic heterocycles. The van der Waals surface area contributed by atoms with Crippen LogP contribution in [0, 0.1) is 5.82 Å². The molecule has 0 aromatic heterocycles. The molecular weight excluding hydrogens is 259 g/mol. The number of halogens is 1. The maximum absolute atomic E-state index is 13.1. The van der Waals surface area contributed by atoms with Crippen LogP contribution in [0.5, 0.6) is 0 Å². The van der Waals surface area contributed by atoms with Gasteiger partial charge in [0.05, 0.1) is 11.5 Å². The van der Waals surface area contributed by atoms with Crippen molar-refractivity contribution in [2.75, 3.05) is 13.7 Å². The van der Waals surface area contributed by atoms with Crippen molar-refractivity contribution in [2.24, 2.45) is 5.73 Å². The lowest BCUT2D eigenvalue weighted by Gasteiger charge is -2.15. The van der Waals surface area contributed by atoms with Gasteiger partial charge in [0.25, 0.3) is 0 Å². The van der Waals surface area contributed by atoms with Gasteiger partial charge in [0.1, 0.15) is 5.82 Å². The number of hydrogen-bond acceptors (Lipinski definition) is 4. The zero-order valence-electron chi connectivity index (χ0n) is 10.3. The number of benzene rings is 1. The van der Waals surface area contributed by atoms with Crippen LogP contribution in [0.2, 0.25) is 0 Å². The molecule has 7 heteroatoms. The van der Waals surface area contributed by atoms with Crippen molar-refractivity contribution < 1.29 is 17.5 Å². The Labute approximate surface area is 106 Å². The maximum Gasteiger partial charge on any atom is 0.241 e. The van der Waals surface area contributed by atoms with Gasteiger partial charge in [-0.15, -0.1) is 0 Å². The highest BCUT2D eigenvalue weighted by molar-refractivity contribution is 7.89. The summed E-state index contributed by atoms with van der Waals surface area (Å²) in [5, 5.41) is 0. The van der Waals surface area contributed by atoms with E-state index >= 15 is 0 Å². The molecule has 5 nitrogen and oxygen atoms in total. The lowest BCUT2D eigenvalue weighted by molar-refractivity contribution is 0.180. The van der Waals surface area contributed by atoms with E-state index in [1.165, 1.54) is 19.2 Å². The number of hydrogen-bond donors (Lipinski definition) is 2. The van der Waals surface area contributed by atoms with Crippen molar-refractivity contribution >= 4 is 10.0 Å². The molecule has 0 spiro atoms. The Morgan fingerprint density at radius 1 is 1.50 bits per heavy atom. The summed E-state index contributed by atoms with van der Waals surface area (Å²) in [4.78, 5) is -0.132. The van der Waals surface area contributed by atoms with Crippen molar-refractivity contribution in [3.8, 4) is 0 Å². The second kappa shape index (κ2) is 6.24. The monoisotopic (exact) mass is 276 g/mol. The topological polar surface area (TPSA) is 81.4 Å². The van der Waals surface area contributed by atoms with E-state index in [9.17, 15) is 12.8 Å². The van der Waals surface area contributed by atoms with E-state index in [2.05, 4.69) is 4.72 Å². The molecule has 1 rings (SSSR count). The normalized spacial score (nSPS) is 13.6. The smallest absolute Gasteiger partial charge is 0.241 e. The lowest BCUT2D eigenvalue weighted by atomic mass is 10.2. The van der Waals surface area contributed by atoms with Crippen LogP contribution in [0.4, 0.5) is 4.39 Å². The Morgan fingerprint density at radius 2 is 2.17 bits per heavy atom. The molecule has 0 saturated carbocycles. The van der Waals surface area contributed by atoms with Crippen LogP contribution in [-0.2, 0) is 21.3 Å². The summed E-state index contributed by atoms with van der Waals surface area (Å²) < 4.78 is 44.5. The second-order valence-corrected chi connectivity index (χ2v) is 5.62. The first-order chi connectivity index (χ1) is 8.40. The fourth-order valence-corrected chi connectivity index (χ4v) is 3.05. The number of rotatable bonds is 6. The molecule has 1 unspecified atom stereocenters. The van der Waals surface area contributed by atoms with E-state index in [4.69, 9.17) is 10.5 Å². The van der Waals surface area contributed by atoms with Gasteiger partial charge >= 0.3 is 0 Å². The summed E-state index contributed by atoms with van der Waals surface area (Å²) in [5.41, 5.74) is 5.82. The van der Waals surface area contributed by atoms with Gasteiger partial charge in [-0.05, 0) is 24.6 Å². The number of methoxy groups -OCH3 is 1. The Balaban J connectivity index is 3.07. The highest BCUT2D eigenvalue weighted by Crippen LogP contribution is 2.17. The molecule has 0 amide bonds. The molecule has 0 radical (unpaired) electrons. The number of nitrogens with two attached hydrogens (primary N) is 1. The van der Waals surface area contributed by atoms with Crippen LogP contribution in [0.25, 0.3) is 0 Å². The zero-order chi connectivity index (χ0) is 13.8. The molecule has 1 aromatic rings. The molecule has 0 aliphatic carbocycles. The van der Waals surface area contributed by atoms with E-state index in [1.807, 2.05) is 0 Å². The Hall–Kier alpha value is -1.02. The fraction of sp³-hybridized carbons (Fsp3) is 0.455. The van der Waals surface area contributed by atoms with Crippen LogP contribution in [0.1, 0.15) is 12.5 Å². The van der Waals surface area contributed by atoms with Crippen molar-refractivity contribution in [2.45, 2.75) is 24.4 Å². The third kappa shape index (κ3) is 3.74. The first-order valence-corrected chi connectivity index (χ1v) is 6.88. The predicted molar refractivity (Wildman–Crippen MR) is 66.0 cm³/mol. The van der Waals surface area contributed by atoms with Gasteiger partial charge in [-0.1, -0.05) is 6.07 Å². The summed E-state index contributed by atoms with van der Waals surface area (Å²) in [7, 11) is -2.33. The van der Waals surface area contributed by atoms with Gasteiger partial charge in [-0.25, -0.2) is 17.5 Å². The van der Waals surface area contributed by atoms with Crippen LogP contribution in [-0.4, -0.2) is 28.2 Å². The van der Waals surface area contributed by atoms with E-state index in [-0.39, 0.29) is 18.0 Å². The molecule has 0 fully saturated rings. The molecule has 3 N–H and O–H groups in total. The van der Waals surface area contributed by atoms with Gasteiger partial charge in [-0.3, -0.25) is 0 Å². The molecule has 0 saturated heterocycles. The first-order valence-electron chi connectivity index (χ1n) is 5.40. The van der Waals surface area contributed by atoms with E-state index in [1.54, 1.807) is 6.92 Å². The quantitative estimate of drug-likeness (QED) is 0.797. The third-order valence-electron chi connectivity index (χ3n) is 2.31. The SMILES string of the molecule is COCC(C)NS(=O)(=O)c1cc(F)ccc1CN. The molecule has 1 atom stereocenters. The predicted octanol–water partition coefficient (Wildman–Crippen LogP) is 0.598. The summed E-state index contributed by atoms with van der Waals surface area (Å²) in [6.07, 6.45) is 0. The van der Waals surface area contributed by atoms with Gasteiger partial charge < -0.3 is 10.5 Å². The van der Waals surface area contributed by atoms with Crippen LogP contribution >= 0.6 is 0 Å². The van der Waals surface area contributed by atoms with Crippen molar-refractivity contribution in [1.82, 2.24) is 4.72 Å². The lowest BCUT2D eigenvalue weighted by Crippen LogP contribution is -2.36. The Morgan fingerprint density at radius 3 is 2.72 bits per heavy atom. The summed E-state index contributed by atoms with van der Waals surface area (Å²) in [6.45, 7) is 1.91. The minimum absolute atomic E-state index is 0.0230. The van der Waals surface area contributed by atoms with Crippen molar-refractivity contribution in [3.63, 3.8) is 0 Å². The molecule has 1 aromatic carbocycles. The number of ether oxygens (including phenoxy) is 1. The van der Waals surface area contributed by atoms with E-state index in [0.717, 1.165) is 6.07 Å². The minimum atomic E-state index is -3.80. The fourth-order valence-electron chi connectivity index (χ4n) is 1.56. The number of nitrogens with one attached hydrogen (secondary N) is 1. The van der Waals surface area contributed by atoms with Crippen LogP contribution in [0.3, 0.4) is 0 Å². The molecular formula is C11H17FN2O3S. The average molecular weight is 276 g/mol. The Bertz CT molecular complexity index is 505. The van der Waals surface area contributed by atoms with Gasteiger partial charge in [0.15, 0.2) is 0 Å². The van der Waals surface area contributed by atoms with Gasteiger partial charge in [0, 0.05) is 19.7 Å². The maximum atomic E-state index is 13.1.